The van der Waals surface area contributed by atoms with Crippen molar-refractivity contribution in [2.75, 3.05) is 13.1 Å². The molecule has 1 aliphatic heterocycles. The normalized spacial score (nSPS) is 20.3. The Labute approximate surface area is 173 Å². The van der Waals surface area contributed by atoms with Crippen LogP contribution in [-0.2, 0) is 24.2 Å². The zero-order valence-electron chi connectivity index (χ0n) is 17.1. The van der Waals surface area contributed by atoms with Gasteiger partial charge >= 0.3 is 5.97 Å². The average molecular weight is 417 g/mol. The van der Waals surface area contributed by atoms with E-state index in [9.17, 15) is 14.7 Å². The van der Waals surface area contributed by atoms with E-state index in [-0.39, 0.29) is 25.2 Å². The van der Waals surface area contributed by atoms with E-state index in [0.29, 0.717) is 24.0 Å². The summed E-state index contributed by atoms with van der Waals surface area (Å²) in [7, 11) is 0. The minimum Gasteiger partial charge on any atom is -0.476 e. The third-order valence-corrected chi connectivity index (χ3v) is 6.47. The first-order chi connectivity index (χ1) is 14.2. The summed E-state index contributed by atoms with van der Waals surface area (Å²) in [6.07, 6.45) is 2.25. The van der Waals surface area contributed by atoms with E-state index in [1.165, 1.54) is 9.58 Å². The number of carboxylic acid groups (broad SMARTS) is 1. The highest BCUT2D eigenvalue weighted by Gasteiger charge is 2.47. The average Bonchev–Trinajstić information content (AvgIpc) is 3.27. The smallest absolute Gasteiger partial charge is 0.356 e. The van der Waals surface area contributed by atoms with E-state index in [4.69, 9.17) is 0 Å². The molecule has 6 nitrogen and oxygen atoms in total. The van der Waals surface area contributed by atoms with Crippen molar-refractivity contribution in [1.82, 2.24) is 14.7 Å². The van der Waals surface area contributed by atoms with E-state index < -0.39 is 30.3 Å². The van der Waals surface area contributed by atoms with Gasteiger partial charge in [0, 0.05) is 17.8 Å². The highest BCUT2D eigenvalue weighted by atomic mass is 19.3. The number of hydrogen-bond acceptors (Lipinski definition) is 3. The predicted octanol–water partition coefficient (Wildman–Crippen LogP) is 3.34. The molecule has 8 heteroatoms. The number of carboxylic acids is 1. The van der Waals surface area contributed by atoms with E-state index in [0.717, 1.165) is 23.2 Å². The van der Waals surface area contributed by atoms with Crippen molar-refractivity contribution in [3.05, 3.63) is 51.8 Å². The topological polar surface area (TPSA) is 75.4 Å². The Kier molecular flexibility index (Phi) is 5.11. The highest BCUT2D eigenvalue weighted by molar-refractivity contribution is 5.88. The Morgan fingerprint density at radius 3 is 2.73 bits per heavy atom. The number of hydrogen-bond donors (Lipinski definition) is 1. The van der Waals surface area contributed by atoms with Crippen LogP contribution in [0, 0.1) is 13.8 Å². The van der Waals surface area contributed by atoms with Crippen LogP contribution in [0.15, 0.2) is 18.2 Å². The molecule has 1 saturated heterocycles. The number of rotatable bonds is 4. The lowest BCUT2D eigenvalue weighted by molar-refractivity contribution is -0.145. The number of aromatic carboxylic acids is 1. The molecular formula is C22H25F2N3O3. The molecule has 1 fully saturated rings. The molecule has 2 aromatic rings. The molecular weight excluding hydrogens is 392 g/mol. The first-order valence-corrected chi connectivity index (χ1v) is 10.2. The van der Waals surface area contributed by atoms with E-state index in [1.54, 1.807) is 12.1 Å². The minimum absolute atomic E-state index is 0.0331. The fourth-order valence-corrected chi connectivity index (χ4v) is 4.73. The number of likely N-dealkylation sites (tertiary alicyclic amines) is 1. The molecule has 1 atom stereocenters. The van der Waals surface area contributed by atoms with Crippen LogP contribution in [0.3, 0.4) is 0 Å². The summed E-state index contributed by atoms with van der Waals surface area (Å²) in [6, 6.07) is 5.45. The number of aryl methyl sites for hydroxylation is 1. The van der Waals surface area contributed by atoms with Crippen LogP contribution in [0.5, 0.6) is 0 Å². The molecule has 160 valence electrons. The number of amides is 1. The van der Waals surface area contributed by atoms with E-state index >= 15 is 8.78 Å². The quantitative estimate of drug-likeness (QED) is 0.828. The van der Waals surface area contributed by atoms with Gasteiger partial charge in [0.2, 0.25) is 5.91 Å². The second-order valence-corrected chi connectivity index (χ2v) is 8.30. The van der Waals surface area contributed by atoms with Gasteiger partial charge < -0.3 is 10.0 Å². The lowest BCUT2D eigenvalue weighted by Crippen LogP contribution is -2.50. The van der Waals surface area contributed by atoms with Gasteiger partial charge in [-0.3, -0.25) is 9.48 Å². The van der Waals surface area contributed by atoms with Crippen molar-refractivity contribution in [3.63, 3.8) is 0 Å². The molecule has 30 heavy (non-hydrogen) atoms. The fourth-order valence-electron chi connectivity index (χ4n) is 4.73. The maximum Gasteiger partial charge on any atom is 0.356 e. The van der Waals surface area contributed by atoms with Gasteiger partial charge in [0.1, 0.15) is 6.54 Å². The summed E-state index contributed by atoms with van der Waals surface area (Å²) in [5.41, 5.74) is 3.85. The Morgan fingerprint density at radius 2 is 2.03 bits per heavy atom. The van der Waals surface area contributed by atoms with Crippen LogP contribution < -0.4 is 0 Å². The van der Waals surface area contributed by atoms with E-state index in [1.807, 2.05) is 19.9 Å². The Morgan fingerprint density at radius 1 is 1.27 bits per heavy atom. The number of alkyl halides is 2. The fraction of sp³-hybridized carbons (Fsp3) is 0.500. The van der Waals surface area contributed by atoms with Crippen molar-refractivity contribution >= 4 is 11.9 Å². The van der Waals surface area contributed by atoms with Crippen LogP contribution >= 0.6 is 0 Å². The van der Waals surface area contributed by atoms with Crippen molar-refractivity contribution in [3.8, 4) is 0 Å². The second kappa shape index (κ2) is 7.49. The van der Waals surface area contributed by atoms with Gasteiger partial charge in [0.15, 0.2) is 5.69 Å². The van der Waals surface area contributed by atoms with Crippen LogP contribution in [0.2, 0.25) is 0 Å². The number of piperidine rings is 1. The summed E-state index contributed by atoms with van der Waals surface area (Å²) >= 11 is 0. The predicted molar refractivity (Wildman–Crippen MR) is 106 cm³/mol. The van der Waals surface area contributed by atoms with Gasteiger partial charge in [-0.15, -0.1) is 0 Å². The first-order valence-electron chi connectivity index (χ1n) is 10.2. The summed E-state index contributed by atoms with van der Waals surface area (Å²) in [5, 5.41) is 13.4. The lowest BCUT2D eigenvalue weighted by Gasteiger charge is -2.39. The molecule has 2 heterocycles. The molecule has 1 aromatic carbocycles. The first kappa shape index (κ1) is 20.5. The number of halogens is 2. The van der Waals surface area contributed by atoms with Crippen molar-refractivity contribution < 1.29 is 23.5 Å². The number of aromatic nitrogens is 2. The van der Waals surface area contributed by atoms with Crippen molar-refractivity contribution in [2.45, 2.75) is 57.9 Å². The van der Waals surface area contributed by atoms with Gasteiger partial charge in [-0.05, 0) is 56.2 Å². The lowest BCUT2D eigenvalue weighted by atomic mass is 9.83. The van der Waals surface area contributed by atoms with Crippen molar-refractivity contribution in [1.29, 1.82) is 0 Å². The molecule has 1 aliphatic carbocycles. The summed E-state index contributed by atoms with van der Waals surface area (Å²) in [4.78, 5) is 25.4. The van der Waals surface area contributed by atoms with Gasteiger partial charge in [-0.2, -0.15) is 5.10 Å². The molecule has 0 bridgehead atoms. The molecule has 1 N–H and O–H groups in total. The Balaban J connectivity index is 1.51. The van der Waals surface area contributed by atoms with Crippen LogP contribution in [0.25, 0.3) is 0 Å². The Hall–Kier alpha value is -2.77. The summed E-state index contributed by atoms with van der Waals surface area (Å²) in [5.74, 6) is -5.54. The van der Waals surface area contributed by atoms with Crippen LogP contribution in [0.1, 0.15) is 57.2 Å². The zero-order valence-corrected chi connectivity index (χ0v) is 17.1. The SMILES string of the molecule is Cc1cccc(C2CCN(C(=O)Cn3nc(C(=O)O)c4c3CCC4)CC2(F)F)c1C. The molecule has 0 radical (unpaired) electrons. The zero-order chi connectivity index (χ0) is 21.6. The number of carbonyl (C=O) groups is 2. The van der Waals surface area contributed by atoms with Crippen LogP contribution in [-0.4, -0.2) is 50.7 Å². The molecule has 0 saturated carbocycles. The summed E-state index contributed by atoms with van der Waals surface area (Å²) in [6.45, 7) is 3.15. The maximum absolute atomic E-state index is 15.1. The largest absolute Gasteiger partial charge is 0.476 e. The van der Waals surface area contributed by atoms with Gasteiger partial charge in [0.25, 0.3) is 5.92 Å². The standard InChI is InChI=1S/C22H25F2N3O3/c1-13-5-3-6-15(14(13)2)17-9-10-26(12-22(17,23)24)19(28)11-27-18-8-4-7-16(18)20(25-27)21(29)30/h3,5-6,17H,4,7-12H2,1-2H3,(H,29,30). The third-order valence-electron chi connectivity index (χ3n) is 6.47. The number of carbonyl (C=O) groups excluding carboxylic acids is 1. The van der Waals surface area contributed by atoms with E-state index in [2.05, 4.69) is 5.10 Å². The maximum atomic E-state index is 15.1. The van der Waals surface area contributed by atoms with Crippen LogP contribution in [0.4, 0.5) is 8.78 Å². The highest BCUT2D eigenvalue weighted by Crippen LogP contribution is 2.42. The molecule has 1 amide bonds. The number of nitrogens with zero attached hydrogens (tertiary/aromatic N) is 3. The van der Waals surface area contributed by atoms with Gasteiger partial charge in [-0.1, -0.05) is 18.2 Å². The monoisotopic (exact) mass is 417 g/mol. The van der Waals surface area contributed by atoms with Crippen molar-refractivity contribution in [2.24, 2.45) is 0 Å². The van der Waals surface area contributed by atoms with Gasteiger partial charge in [-0.25, -0.2) is 13.6 Å². The van der Waals surface area contributed by atoms with Gasteiger partial charge in [0.05, 0.1) is 12.5 Å². The molecule has 1 unspecified atom stereocenters. The second-order valence-electron chi connectivity index (χ2n) is 8.30. The number of benzene rings is 1. The summed E-state index contributed by atoms with van der Waals surface area (Å²) < 4.78 is 31.5. The number of fused-ring (bicyclic) bond motifs is 1. The minimum atomic E-state index is -3.04. The third kappa shape index (κ3) is 3.48. The molecule has 2 aliphatic rings. The molecule has 0 spiro atoms. The molecule has 1 aromatic heterocycles. The Bertz CT molecular complexity index is 1020. The molecule has 4 rings (SSSR count).